The number of carbonyl (C=O) groups excluding carboxylic acids is 1. The molecule has 0 aromatic heterocycles. The highest BCUT2D eigenvalue weighted by molar-refractivity contribution is 5.84. The van der Waals surface area contributed by atoms with Crippen LogP contribution in [0.5, 0.6) is 0 Å². The number of carbonyl (C=O) groups is 1. The first-order chi connectivity index (χ1) is 7.36. The standard InChI is InChI=1S/C12H24N2O2/c1-5-14-8-6-10(7-9-14)13(4)11(15)12(2,3)16/h10,16H,5-9H2,1-4H3. The number of aliphatic hydroxyl groups is 1. The van der Waals surface area contributed by atoms with Crippen molar-refractivity contribution in [1.82, 2.24) is 9.80 Å². The number of likely N-dealkylation sites (N-methyl/N-ethyl adjacent to an activating group) is 1. The highest BCUT2D eigenvalue weighted by Crippen LogP contribution is 2.18. The van der Waals surface area contributed by atoms with E-state index in [9.17, 15) is 9.90 Å². The normalized spacial score (nSPS) is 19.8. The number of rotatable bonds is 3. The lowest BCUT2D eigenvalue weighted by Crippen LogP contribution is -2.51. The van der Waals surface area contributed by atoms with E-state index >= 15 is 0 Å². The third-order valence-electron chi connectivity index (χ3n) is 3.40. The summed E-state index contributed by atoms with van der Waals surface area (Å²) in [5, 5.41) is 9.68. The average Bonchev–Trinajstić information content (AvgIpc) is 2.26. The van der Waals surface area contributed by atoms with E-state index in [0.717, 1.165) is 32.5 Å². The van der Waals surface area contributed by atoms with Crippen LogP contribution in [0.15, 0.2) is 0 Å². The van der Waals surface area contributed by atoms with Crippen LogP contribution in [0, 0.1) is 0 Å². The second-order valence-corrected chi connectivity index (χ2v) is 5.14. The van der Waals surface area contributed by atoms with Crippen molar-refractivity contribution >= 4 is 5.91 Å². The van der Waals surface area contributed by atoms with Crippen molar-refractivity contribution in [2.24, 2.45) is 0 Å². The number of piperidine rings is 1. The number of nitrogens with zero attached hydrogens (tertiary/aromatic N) is 2. The Hall–Kier alpha value is -0.610. The molecule has 1 N–H and O–H groups in total. The Kier molecular flexibility index (Phi) is 4.33. The first-order valence-corrected chi connectivity index (χ1v) is 6.08. The van der Waals surface area contributed by atoms with E-state index < -0.39 is 5.60 Å². The Morgan fingerprint density at radius 1 is 1.44 bits per heavy atom. The summed E-state index contributed by atoms with van der Waals surface area (Å²) in [6, 6.07) is 0.279. The van der Waals surface area contributed by atoms with Crippen molar-refractivity contribution in [2.75, 3.05) is 26.7 Å². The predicted molar refractivity (Wildman–Crippen MR) is 64.2 cm³/mol. The van der Waals surface area contributed by atoms with Crippen molar-refractivity contribution in [3.63, 3.8) is 0 Å². The Morgan fingerprint density at radius 2 is 1.94 bits per heavy atom. The molecular weight excluding hydrogens is 204 g/mol. The first kappa shape index (κ1) is 13.5. The molecule has 0 unspecified atom stereocenters. The smallest absolute Gasteiger partial charge is 0.253 e. The van der Waals surface area contributed by atoms with Gasteiger partial charge in [-0.15, -0.1) is 0 Å². The van der Waals surface area contributed by atoms with Crippen LogP contribution in [0.4, 0.5) is 0 Å². The molecule has 1 amide bonds. The quantitative estimate of drug-likeness (QED) is 0.773. The molecule has 0 atom stereocenters. The summed E-state index contributed by atoms with van der Waals surface area (Å²) < 4.78 is 0. The Balaban J connectivity index is 2.50. The second kappa shape index (κ2) is 5.15. The zero-order valence-electron chi connectivity index (χ0n) is 10.9. The lowest BCUT2D eigenvalue weighted by Gasteiger charge is -2.38. The van der Waals surface area contributed by atoms with Crippen LogP contribution in [0.1, 0.15) is 33.6 Å². The average molecular weight is 228 g/mol. The fourth-order valence-corrected chi connectivity index (χ4v) is 2.22. The summed E-state index contributed by atoms with van der Waals surface area (Å²) in [5.74, 6) is -0.178. The zero-order chi connectivity index (χ0) is 12.3. The third kappa shape index (κ3) is 3.19. The second-order valence-electron chi connectivity index (χ2n) is 5.14. The molecule has 4 heteroatoms. The maximum Gasteiger partial charge on any atom is 0.253 e. The van der Waals surface area contributed by atoms with Gasteiger partial charge in [0.1, 0.15) is 5.60 Å². The van der Waals surface area contributed by atoms with Crippen molar-refractivity contribution in [3.8, 4) is 0 Å². The van der Waals surface area contributed by atoms with Gasteiger partial charge in [0.25, 0.3) is 5.91 Å². The molecule has 1 rings (SSSR count). The highest BCUT2D eigenvalue weighted by Gasteiger charge is 2.32. The van der Waals surface area contributed by atoms with Crippen molar-refractivity contribution in [3.05, 3.63) is 0 Å². The number of hydrogen-bond acceptors (Lipinski definition) is 3. The Morgan fingerprint density at radius 3 is 2.31 bits per heavy atom. The van der Waals surface area contributed by atoms with Gasteiger partial charge in [0, 0.05) is 26.2 Å². The fraction of sp³-hybridized carbons (Fsp3) is 0.917. The van der Waals surface area contributed by atoms with E-state index in [1.54, 1.807) is 25.8 Å². The van der Waals surface area contributed by atoms with Crippen LogP contribution in [0.2, 0.25) is 0 Å². The SMILES string of the molecule is CCN1CCC(N(C)C(=O)C(C)(C)O)CC1. The summed E-state index contributed by atoms with van der Waals surface area (Å²) >= 11 is 0. The van der Waals surface area contributed by atoms with Crippen molar-refractivity contribution in [2.45, 2.75) is 45.3 Å². The summed E-state index contributed by atoms with van der Waals surface area (Å²) in [7, 11) is 1.80. The van der Waals surface area contributed by atoms with E-state index in [1.165, 1.54) is 0 Å². The van der Waals surface area contributed by atoms with Crippen LogP contribution in [-0.4, -0.2) is 59.1 Å². The maximum atomic E-state index is 11.9. The van der Waals surface area contributed by atoms with E-state index in [2.05, 4.69) is 11.8 Å². The first-order valence-electron chi connectivity index (χ1n) is 6.08. The largest absolute Gasteiger partial charge is 0.381 e. The molecule has 1 heterocycles. The predicted octanol–water partition coefficient (Wildman–Crippen LogP) is 0.700. The van der Waals surface area contributed by atoms with Gasteiger partial charge < -0.3 is 14.9 Å². The summed E-state index contributed by atoms with van der Waals surface area (Å²) in [6.07, 6.45) is 2.01. The van der Waals surface area contributed by atoms with Gasteiger partial charge in [-0.3, -0.25) is 4.79 Å². The molecular formula is C12H24N2O2. The molecule has 0 aromatic carbocycles. The molecule has 0 aliphatic carbocycles. The molecule has 0 radical (unpaired) electrons. The third-order valence-corrected chi connectivity index (χ3v) is 3.40. The number of amides is 1. The molecule has 0 saturated carbocycles. The van der Waals surface area contributed by atoms with Crippen LogP contribution < -0.4 is 0 Å². The summed E-state index contributed by atoms with van der Waals surface area (Å²) in [5.41, 5.74) is -1.25. The van der Waals surface area contributed by atoms with Gasteiger partial charge in [-0.25, -0.2) is 0 Å². The zero-order valence-corrected chi connectivity index (χ0v) is 10.9. The van der Waals surface area contributed by atoms with Crippen molar-refractivity contribution < 1.29 is 9.90 Å². The topological polar surface area (TPSA) is 43.8 Å². The van der Waals surface area contributed by atoms with Gasteiger partial charge in [-0.05, 0) is 33.2 Å². The molecule has 0 spiro atoms. The lowest BCUT2D eigenvalue weighted by atomic mass is 10.0. The summed E-state index contributed by atoms with van der Waals surface area (Å²) in [4.78, 5) is 16.0. The molecule has 1 fully saturated rings. The molecule has 4 nitrogen and oxygen atoms in total. The lowest BCUT2D eigenvalue weighted by molar-refractivity contribution is -0.149. The minimum Gasteiger partial charge on any atom is -0.381 e. The minimum atomic E-state index is -1.25. The Bertz CT molecular complexity index is 240. The van der Waals surface area contributed by atoms with Gasteiger partial charge in [-0.2, -0.15) is 0 Å². The summed E-state index contributed by atoms with van der Waals surface area (Å²) in [6.45, 7) is 8.43. The fourth-order valence-electron chi connectivity index (χ4n) is 2.22. The molecule has 1 aliphatic heterocycles. The molecule has 16 heavy (non-hydrogen) atoms. The van der Waals surface area contributed by atoms with Gasteiger partial charge in [-0.1, -0.05) is 6.92 Å². The van der Waals surface area contributed by atoms with E-state index in [0.29, 0.717) is 0 Å². The molecule has 1 saturated heterocycles. The monoisotopic (exact) mass is 228 g/mol. The molecule has 1 aliphatic rings. The minimum absolute atomic E-state index is 0.178. The van der Waals surface area contributed by atoms with Gasteiger partial charge >= 0.3 is 0 Å². The molecule has 0 bridgehead atoms. The number of hydrogen-bond donors (Lipinski definition) is 1. The highest BCUT2D eigenvalue weighted by atomic mass is 16.3. The van der Waals surface area contributed by atoms with E-state index in [1.807, 2.05) is 0 Å². The molecule has 0 aromatic rings. The van der Waals surface area contributed by atoms with Gasteiger partial charge in [0.05, 0.1) is 0 Å². The van der Waals surface area contributed by atoms with Crippen molar-refractivity contribution in [1.29, 1.82) is 0 Å². The van der Waals surface area contributed by atoms with E-state index in [-0.39, 0.29) is 11.9 Å². The van der Waals surface area contributed by atoms with Crippen LogP contribution in [-0.2, 0) is 4.79 Å². The van der Waals surface area contributed by atoms with Gasteiger partial charge in [0.15, 0.2) is 0 Å². The van der Waals surface area contributed by atoms with Crippen LogP contribution in [0.25, 0.3) is 0 Å². The maximum absolute atomic E-state index is 11.9. The Labute approximate surface area is 98.2 Å². The van der Waals surface area contributed by atoms with Crippen LogP contribution in [0.3, 0.4) is 0 Å². The van der Waals surface area contributed by atoms with E-state index in [4.69, 9.17) is 0 Å². The molecule has 94 valence electrons. The van der Waals surface area contributed by atoms with Gasteiger partial charge in [0.2, 0.25) is 0 Å². The van der Waals surface area contributed by atoms with Crippen LogP contribution >= 0.6 is 0 Å². The number of likely N-dealkylation sites (tertiary alicyclic amines) is 1.